The molecule has 4 rings (SSSR count). The lowest BCUT2D eigenvalue weighted by Gasteiger charge is -2.35. The molecular formula is C27H40N6O3. The number of rotatable bonds is 11. The minimum Gasteiger partial charge on any atom is -0.493 e. The molecule has 9 nitrogen and oxygen atoms in total. The Morgan fingerprint density at radius 3 is 2.58 bits per heavy atom. The number of hydrogen-bond acceptors (Lipinski definition) is 8. The number of amides is 1. The second-order valence-corrected chi connectivity index (χ2v) is 9.91. The first kappa shape index (κ1) is 26.2. The molecule has 2 aromatic rings. The Kier molecular flexibility index (Phi) is 8.98. The molecule has 0 bridgehead atoms. The second-order valence-electron chi connectivity index (χ2n) is 9.91. The number of likely N-dealkylation sites (tertiary alicyclic amines) is 2. The van der Waals surface area contributed by atoms with E-state index in [1.54, 1.807) is 7.11 Å². The molecule has 0 aliphatic carbocycles. The fourth-order valence-electron chi connectivity index (χ4n) is 4.97. The van der Waals surface area contributed by atoms with Crippen molar-refractivity contribution in [2.24, 2.45) is 0 Å². The molecule has 0 unspecified atom stereocenters. The molecule has 0 saturated carbocycles. The summed E-state index contributed by atoms with van der Waals surface area (Å²) in [5, 5.41) is 7.16. The van der Waals surface area contributed by atoms with Gasteiger partial charge in [0.1, 0.15) is 5.82 Å². The van der Waals surface area contributed by atoms with Crippen LogP contribution in [0.15, 0.2) is 24.8 Å². The molecule has 1 aromatic heterocycles. The molecular weight excluding hydrogens is 456 g/mol. The van der Waals surface area contributed by atoms with Gasteiger partial charge in [0.2, 0.25) is 11.9 Å². The van der Waals surface area contributed by atoms with Crippen LogP contribution >= 0.6 is 0 Å². The van der Waals surface area contributed by atoms with Crippen LogP contribution in [0.3, 0.4) is 0 Å². The van der Waals surface area contributed by atoms with Crippen molar-refractivity contribution in [2.75, 3.05) is 57.1 Å². The average Bonchev–Trinajstić information content (AvgIpc) is 3.40. The zero-order chi connectivity index (χ0) is 25.5. The zero-order valence-corrected chi connectivity index (χ0v) is 21.9. The maximum absolute atomic E-state index is 12.0. The monoisotopic (exact) mass is 496 g/mol. The highest BCUT2D eigenvalue weighted by atomic mass is 16.5. The van der Waals surface area contributed by atoms with E-state index in [-0.39, 0.29) is 17.9 Å². The molecule has 0 atom stereocenters. The van der Waals surface area contributed by atoms with Crippen molar-refractivity contribution in [2.45, 2.75) is 58.0 Å². The van der Waals surface area contributed by atoms with Crippen LogP contribution in [0.5, 0.6) is 11.5 Å². The van der Waals surface area contributed by atoms with E-state index in [2.05, 4.69) is 50.8 Å². The number of methoxy groups -OCH3 is 1. The molecule has 2 N–H and O–H groups in total. The van der Waals surface area contributed by atoms with Crippen LogP contribution in [0.2, 0.25) is 0 Å². The number of nitrogens with zero attached hydrogens (tertiary/aromatic N) is 4. The van der Waals surface area contributed by atoms with E-state index >= 15 is 0 Å². The van der Waals surface area contributed by atoms with Gasteiger partial charge < -0.3 is 24.6 Å². The Morgan fingerprint density at radius 2 is 1.92 bits per heavy atom. The number of piperidine rings is 1. The highest BCUT2D eigenvalue weighted by Gasteiger charge is 2.23. The maximum Gasteiger partial charge on any atom is 0.250 e. The number of carbonyl (C=O) groups excluding carboxylic acids is 1. The van der Waals surface area contributed by atoms with E-state index in [4.69, 9.17) is 9.47 Å². The molecule has 2 aliphatic heterocycles. The third kappa shape index (κ3) is 6.64. The minimum absolute atomic E-state index is 0.236. The summed E-state index contributed by atoms with van der Waals surface area (Å²) in [6, 6.07) is 4.63. The first-order chi connectivity index (χ1) is 17.5. The van der Waals surface area contributed by atoms with Crippen LogP contribution in [0.4, 0.5) is 11.8 Å². The third-order valence-corrected chi connectivity index (χ3v) is 7.08. The van der Waals surface area contributed by atoms with Crippen molar-refractivity contribution in [1.29, 1.82) is 0 Å². The normalized spacial score (nSPS) is 17.4. The second kappa shape index (κ2) is 12.4. The summed E-state index contributed by atoms with van der Waals surface area (Å²) >= 11 is 0. The highest BCUT2D eigenvalue weighted by molar-refractivity contribution is 5.99. The van der Waals surface area contributed by atoms with Crippen molar-refractivity contribution >= 4 is 28.6 Å². The van der Waals surface area contributed by atoms with Gasteiger partial charge in [0.15, 0.2) is 11.5 Å². The first-order valence-corrected chi connectivity index (χ1v) is 13.2. The minimum atomic E-state index is -0.350. The molecule has 9 heteroatoms. The fourth-order valence-corrected chi connectivity index (χ4v) is 4.97. The standard InChI is InChI=1S/C27H40N6O3/c1-5-25(34)30-27-29-22-18-24(36-16-8-13-32-11-6-7-12-32)23(35-4)17-21(22)26(31-27)28-20-9-14-33(15-10-20)19(2)3/h5,17-20H,1,6-16H2,2-4H3,(H2,28,29,30,31,34). The van der Waals surface area contributed by atoms with Crippen LogP contribution in [0.1, 0.15) is 46.0 Å². The maximum atomic E-state index is 12.0. The first-order valence-electron chi connectivity index (χ1n) is 13.2. The van der Waals surface area contributed by atoms with Gasteiger partial charge >= 0.3 is 0 Å². The van der Waals surface area contributed by atoms with Gasteiger partial charge in [0.05, 0.1) is 19.2 Å². The quantitative estimate of drug-likeness (QED) is 0.357. The highest BCUT2D eigenvalue weighted by Crippen LogP contribution is 2.35. The predicted octanol–water partition coefficient (Wildman–Crippen LogP) is 3.91. The van der Waals surface area contributed by atoms with Gasteiger partial charge in [-0.15, -0.1) is 0 Å². The number of nitrogens with one attached hydrogen (secondary N) is 2. The predicted molar refractivity (Wildman–Crippen MR) is 144 cm³/mol. The lowest BCUT2D eigenvalue weighted by atomic mass is 10.0. The van der Waals surface area contributed by atoms with Gasteiger partial charge in [-0.25, -0.2) is 4.98 Å². The van der Waals surface area contributed by atoms with E-state index in [0.717, 1.165) is 44.3 Å². The molecule has 3 heterocycles. The Hall–Kier alpha value is -2.91. The van der Waals surface area contributed by atoms with E-state index in [0.29, 0.717) is 35.5 Å². The van der Waals surface area contributed by atoms with Crippen molar-refractivity contribution in [3.63, 3.8) is 0 Å². The molecule has 196 valence electrons. The number of carbonyl (C=O) groups is 1. The number of benzene rings is 1. The third-order valence-electron chi connectivity index (χ3n) is 7.08. The summed E-state index contributed by atoms with van der Waals surface area (Å²) in [6.45, 7) is 14.1. The lowest BCUT2D eigenvalue weighted by molar-refractivity contribution is -0.111. The number of fused-ring (bicyclic) bond motifs is 1. The molecule has 36 heavy (non-hydrogen) atoms. The van der Waals surface area contributed by atoms with Crippen LogP contribution < -0.4 is 20.1 Å². The summed E-state index contributed by atoms with van der Waals surface area (Å²) in [6.07, 6.45) is 6.79. The number of hydrogen-bond donors (Lipinski definition) is 2. The summed E-state index contributed by atoms with van der Waals surface area (Å²) in [5.74, 6) is 1.86. The molecule has 0 spiro atoms. The summed E-state index contributed by atoms with van der Waals surface area (Å²) in [5.41, 5.74) is 0.682. The van der Waals surface area contributed by atoms with Crippen LogP contribution in [0, 0.1) is 0 Å². The van der Waals surface area contributed by atoms with E-state index in [1.807, 2.05) is 12.1 Å². The summed E-state index contributed by atoms with van der Waals surface area (Å²) in [4.78, 5) is 26.2. The van der Waals surface area contributed by atoms with Crippen molar-refractivity contribution in [1.82, 2.24) is 19.8 Å². The van der Waals surface area contributed by atoms with Gasteiger partial charge in [-0.05, 0) is 71.2 Å². The van der Waals surface area contributed by atoms with Gasteiger partial charge in [-0.1, -0.05) is 6.58 Å². The smallest absolute Gasteiger partial charge is 0.250 e. The Morgan fingerprint density at radius 1 is 1.17 bits per heavy atom. The molecule has 1 amide bonds. The Labute approximate surface area is 214 Å². The van der Waals surface area contributed by atoms with Crippen LogP contribution in [-0.2, 0) is 4.79 Å². The van der Waals surface area contributed by atoms with Gasteiger partial charge in [-0.3, -0.25) is 10.1 Å². The Balaban J connectivity index is 1.55. The average molecular weight is 497 g/mol. The molecule has 2 aliphatic rings. The Bertz CT molecular complexity index is 1050. The van der Waals surface area contributed by atoms with Crippen molar-refractivity contribution in [3.8, 4) is 11.5 Å². The molecule has 0 radical (unpaired) electrons. The zero-order valence-electron chi connectivity index (χ0n) is 21.9. The topological polar surface area (TPSA) is 91.9 Å². The van der Waals surface area contributed by atoms with Crippen molar-refractivity contribution in [3.05, 3.63) is 24.8 Å². The SMILES string of the molecule is C=CC(=O)Nc1nc(NC2CCN(C(C)C)CC2)c2cc(OC)c(OCCCN3CCCC3)cc2n1. The van der Waals surface area contributed by atoms with Gasteiger partial charge in [-0.2, -0.15) is 4.98 Å². The fraction of sp³-hybridized carbons (Fsp3) is 0.593. The van der Waals surface area contributed by atoms with Gasteiger partial charge in [0.25, 0.3) is 0 Å². The van der Waals surface area contributed by atoms with Crippen LogP contribution in [-0.4, -0.2) is 84.2 Å². The molecule has 2 saturated heterocycles. The molecule has 1 aromatic carbocycles. The van der Waals surface area contributed by atoms with Crippen molar-refractivity contribution < 1.29 is 14.3 Å². The number of aromatic nitrogens is 2. The van der Waals surface area contributed by atoms with Gasteiger partial charge in [0, 0.05) is 43.2 Å². The van der Waals surface area contributed by atoms with E-state index in [1.165, 1.54) is 32.0 Å². The number of anilines is 2. The lowest BCUT2D eigenvalue weighted by Crippen LogP contribution is -2.42. The largest absolute Gasteiger partial charge is 0.493 e. The van der Waals surface area contributed by atoms with E-state index < -0.39 is 0 Å². The van der Waals surface area contributed by atoms with Crippen LogP contribution in [0.25, 0.3) is 10.9 Å². The molecule has 2 fully saturated rings. The number of ether oxygens (including phenoxy) is 2. The summed E-state index contributed by atoms with van der Waals surface area (Å²) in [7, 11) is 1.65. The van der Waals surface area contributed by atoms with E-state index in [9.17, 15) is 4.79 Å². The summed E-state index contributed by atoms with van der Waals surface area (Å²) < 4.78 is 11.8.